The molecule has 3 aliphatic heterocycles. The highest BCUT2D eigenvalue weighted by Crippen LogP contribution is 2.64. The summed E-state index contributed by atoms with van der Waals surface area (Å²) in [6.45, 7) is 6.38. The normalized spacial score (nSPS) is 31.6. The van der Waals surface area contributed by atoms with E-state index in [0.29, 0.717) is 38.6 Å². The Morgan fingerprint density at radius 1 is 1.18 bits per heavy atom. The molecule has 34 heavy (non-hydrogen) atoms. The molecule has 2 unspecified atom stereocenters. The number of amides is 3. The molecule has 186 valence electrons. The fourth-order valence-electron chi connectivity index (χ4n) is 6.45. The Bertz CT molecular complexity index is 981. The summed E-state index contributed by atoms with van der Waals surface area (Å²) in [5.74, 6) is -1.92. The number of carbonyl (C=O) groups excluding carboxylic acids is 3. The van der Waals surface area contributed by atoms with Gasteiger partial charge in [-0.2, -0.15) is 0 Å². The van der Waals surface area contributed by atoms with Gasteiger partial charge in [0.25, 0.3) is 0 Å². The van der Waals surface area contributed by atoms with Crippen LogP contribution in [0.15, 0.2) is 18.2 Å². The van der Waals surface area contributed by atoms with Crippen LogP contribution in [0.2, 0.25) is 0 Å². The lowest BCUT2D eigenvalue weighted by atomic mass is 9.65. The van der Waals surface area contributed by atoms with Crippen LogP contribution < -0.4 is 10.6 Å². The Kier molecular flexibility index (Phi) is 6.75. The molecule has 1 aromatic carbocycles. The van der Waals surface area contributed by atoms with Crippen LogP contribution in [0.1, 0.15) is 56.6 Å². The van der Waals surface area contributed by atoms with E-state index in [9.17, 15) is 14.4 Å². The van der Waals surface area contributed by atoms with Crippen LogP contribution in [0, 0.1) is 25.7 Å². The molecular formula is C26H37N3O5. The maximum atomic E-state index is 13.9. The summed E-state index contributed by atoms with van der Waals surface area (Å²) >= 11 is 0. The first-order valence-corrected chi connectivity index (χ1v) is 12.5. The van der Waals surface area contributed by atoms with E-state index in [1.807, 2.05) is 39.0 Å². The summed E-state index contributed by atoms with van der Waals surface area (Å²) in [5.41, 5.74) is 0.961. The Morgan fingerprint density at radius 3 is 2.62 bits per heavy atom. The van der Waals surface area contributed by atoms with Crippen molar-refractivity contribution in [1.82, 2.24) is 10.2 Å². The lowest BCUT2D eigenvalue weighted by Gasteiger charge is -2.33. The molecule has 1 aromatic rings. The second-order valence-electron chi connectivity index (χ2n) is 10.1. The average Bonchev–Trinajstić information content (AvgIpc) is 3.42. The minimum Gasteiger partial charge on any atom is -0.396 e. The summed E-state index contributed by atoms with van der Waals surface area (Å²) in [5, 5.41) is 15.0. The number of rotatable bonds is 9. The van der Waals surface area contributed by atoms with Crippen LogP contribution in [-0.4, -0.2) is 65.2 Å². The Labute approximate surface area is 201 Å². The van der Waals surface area contributed by atoms with Crippen molar-refractivity contribution in [1.29, 1.82) is 0 Å². The maximum Gasteiger partial charge on any atom is 0.250 e. The first kappa shape index (κ1) is 24.7. The van der Waals surface area contributed by atoms with Crippen LogP contribution in [-0.2, 0) is 19.1 Å². The first-order chi connectivity index (χ1) is 16.2. The van der Waals surface area contributed by atoms with Crippen molar-refractivity contribution in [3.8, 4) is 0 Å². The summed E-state index contributed by atoms with van der Waals surface area (Å²) in [6.07, 6.45) is 3.90. The van der Waals surface area contributed by atoms with E-state index in [0.717, 1.165) is 23.2 Å². The van der Waals surface area contributed by atoms with Gasteiger partial charge in [-0.3, -0.25) is 14.4 Å². The van der Waals surface area contributed by atoms with Gasteiger partial charge in [-0.1, -0.05) is 19.1 Å². The average molecular weight is 472 g/mol. The van der Waals surface area contributed by atoms with Crippen molar-refractivity contribution in [2.45, 2.75) is 76.5 Å². The summed E-state index contributed by atoms with van der Waals surface area (Å²) in [6, 6.07) is 5.08. The van der Waals surface area contributed by atoms with Gasteiger partial charge in [0.05, 0.1) is 17.4 Å². The molecule has 0 radical (unpaired) electrons. The number of nitrogens with one attached hydrogen (secondary N) is 2. The number of ether oxygens (including phenoxy) is 1. The molecule has 3 amide bonds. The third-order valence-corrected chi connectivity index (χ3v) is 8.17. The lowest BCUT2D eigenvalue weighted by Crippen LogP contribution is -2.53. The Morgan fingerprint density at radius 2 is 1.94 bits per heavy atom. The van der Waals surface area contributed by atoms with Gasteiger partial charge in [-0.05, 0) is 69.6 Å². The minimum atomic E-state index is -1.01. The quantitative estimate of drug-likeness (QED) is 0.479. The number of benzene rings is 1. The van der Waals surface area contributed by atoms with E-state index in [2.05, 4.69) is 10.6 Å². The zero-order valence-corrected chi connectivity index (χ0v) is 20.6. The van der Waals surface area contributed by atoms with Gasteiger partial charge in [-0.15, -0.1) is 0 Å². The smallest absolute Gasteiger partial charge is 0.250 e. The number of hydrogen-bond donors (Lipinski definition) is 3. The number of aryl methyl sites for hydroxylation is 2. The van der Waals surface area contributed by atoms with Gasteiger partial charge in [0.15, 0.2) is 0 Å². The number of hydrogen-bond acceptors (Lipinski definition) is 5. The van der Waals surface area contributed by atoms with Crippen molar-refractivity contribution < 1.29 is 24.2 Å². The number of anilines is 1. The van der Waals surface area contributed by atoms with Crippen LogP contribution >= 0.6 is 0 Å². The Hall–Kier alpha value is -2.45. The number of aliphatic hydroxyl groups is 1. The van der Waals surface area contributed by atoms with Gasteiger partial charge in [0, 0.05) is 25.9 Å². The van der Waals surface area contributed by atoms with Gasteiger partial charge in [0.1, 0.15) is 11.6 Å². The van der Waals surface area contributed by atoms with E-state index in [1.165, 1.54) is 0 Å². The number of likely N-dealkylation sites (tertiary alicyclic amines) is 1. The standard InChI is InChI=1S/C26H37N3O5/c1-5-25-11-12-26(34-25)20(19(25)22(31)27-4)24(33)29(13-7-6-8-14-30)21(26)23(32)28-18-15-16(2)9-10-17(18)3/h9-10,15,19-21,30H,5-8,11-14H2,1-4H3,(H,27,31)(H,28,32)/t19-,20+,21?,25+,26?/m1/s1. The fourth-order valence-corrected chi connectivity index (χ4v) is 6.45. The summed E-state index contributed by atoms with van der Waals surface area (Å²) in [7, 11) is 1.58. The van der Waals surface area contributed by atoms with Gasteiger partial charge < -0.3 is 25.4 Å². The second-order valence-corrected chi connectivity index (χ2v) is 10.1. The molecule has 2 bridgehead atoms. The van der Waals surface area contributed by atoms with Gasteiger partial charge in [0.2, 0.25) is 17.7 Å². The molecule has 0 aromatic heterocycles. The largest absolute Gasteiger partial charge is 0.396 e. The topological polar surface area (TPSA) is 108 Å². The maximum absolute atomic E-state index is 13.9. The van der Waals surface area contributed by atoms with Crippen molar-refractivity contribution in [3.05, 3.63) is 29.3 Å². The van der Waals surface area contributed by atoms with Crippen molar-refractivity contribution in [2.75, 3.05) is 25.5 Å². The predicted molar refractivity (Wildman–Crippen MR) is 128 cm³/mol. The van der Waals surface area contributed by atoms with Crippen molar-refractivity contribution in [2.24, 2.45) is 11.8 Å². The molecule has 5 atom stereocenters. The van der Waals surface area contributed by atoms with E-state index in [4.69, 9.17) is 9.84 Å². The number of fused-ring (bicyclic) bond motifs is 1. The molecular weight excluding hydrogens is 434 g/mol. The van der Waals surface area contributed by atoms with Crippen LogP contribution in [0.3, 0.4) is 0 Å². The molecule has 3 fully saturated rings. The summed E-state index contributed by atoms with van der Waals surface area (Å²) in [4.78, 5) is 42.4. The molecule has 4 rings (SSSR count). The summed E-state index contributed by atoms with van der Waals surface area (Å²) < 4.78 is 6.69. The third kappa shape index (κ3) is 3.71. The fraction of sp³-hybridized carbons (Fsp3) is 0.654. The van der Waals surface area contributed by atoms with Crippen LogP contribution in [0.5, 0.6) is 0 Å². The third-order valence-electron chi connectivity index (χ3n) is 8.17. The van der Waals surface area contributed by atoms with Gasteiger partial charge in [-0.25, -0.2) is 0 Å². The van der Waals surface area contributed by atoms with Crippen LogP contribution in [0.25, 0.3) is 0 Å². The molecule has 1 spiro atoms. The molecule has 3 N–H and O–H groups in total. The van der Waals surface area contributed by atoms with Crippen molar-refractivity contribution >= 4 is 23.4 Å². The van der Waals surface area contributed by atoms with E-state index >= 15 is 0 Å². The SMILES string of the molecule is CC[C@@]12CCC3(O1)C(C(=O)Nc1cc(C)ccc1C)N(CCCCCO)C(=O)[C@@H]3[C@@H]2C(=O)NC. The molecule has 8 nitrogen and oxygen atoms in total. The van der Waals surface area contributed by atoms with E-state index in [1.54, 1.807) is 11.9 Å². The minimum absolute atomic E-state index is 0.0952. The Balaban J connectivity index is 1.72. The number of unbranched alkanes of at least 4 members (excludes halogenated alkanes) is 2. The van der Waals surface area contributed by atoms with Crippen molar-refractivity contribution in [3.63, 3.8) is 0 Å². The highest BCUT2D eigenvalue weighted by molar-refractivity contribution is 6.04. The predicted octanol–water partition coefficient (Wildman–Crippen LogP) is 2.31. The molecule has 8 heteroatoms. The highest BCUT2D eigenvalue weighted by Gasteiger charge is 2.78. The zero-order chi connectivity index (χ0) is 24.7. The van der Waals surface area contributed by atoms with E-state index < -0.39 is 29.1 Å². The number of nitrogens with zero attached hydrogens (tertiary/aromatic N) is 1. The first-order valence-electron chi connectivity index (χ1n) is 12.5. The second kappa shape index (κ2) is 9.30. The molecule has 0 aliphatic carbocycles. The highest BCUT2D eigenvalue weighted by atomic mass is 16.5. The van der Waals surface area contributed by atoms with Gasteiger partial charge >= 0.3 is 0 Å². The van der Waals surface area contributed by atoms with Crippen LogP contribution in [0.4, 0.5) is 5.69 Å². The number of aliphatic hydroxyl groups excluding tert-OH is 1. The molecule has 3 saturated heterocycles. The molecule has 0 saturated carbocycles. The van der Waals surface area contributed by atoms with E-state index in [-0.39, 0.29) is 24.3 Å². The lowest BCUT2D eigenvalue weighted by molar-refractivity contribution is -0.145. The molecule has 3 aliphatic rings. The number of carbonyl (C=O) groups is 3. The molecule has 3 heterocycles. The monoisotopic (exact) mass is 471 g/mol. The zero-order valence-electron chi connectivity index (χ0n) is 20.6.